The van der Waals surface area contributed by atoms with Crippen molar-refractivity contribution in [1.29, 1.82) is 0 Å². The number of furan rings is 1. The minimum Gasteiger partial charge on any atom is -0.497 e. The van der Waals surface area contributed by atoms with Crippen molar-refractivity contribution < 1.29 is 9.15 Å². The molecule has 2 aromatic rings. The molecule has 0 unspecified atom stereocenters. The lowest BCUT2D eigenvalue weighted by Gasteiger charge is -2.07. The largest absolute Gasteiger partial charge is 0.497 e. The molecule has 0 aliphatic carbocycles. The van der Waals surface area contributed by atoms with Crippen LogP contribution in [0, 0.1) is 18.8 Å². The quantitative estimate of drug-likeness (QED) is 0.693. The van der Waals surface area contributed by atoms with E-state index in [2.05, 4.69) is 11.8 Å². The van der Waals surface area contributed by atoms with Crippen molar-refractivity contribution in [2.24, 2.45) is 5.73 Å². The summed E-state index contributed by atoms with van der Waals surface area (Å²) in [5.41, 5.74) is 7.56. The van der Waals surface area contributed by atoms with E-state index in [1.54, 1.807) is 25.1 Å². The normalized spacial score (nSPS) is 9.95. The molecule has 0 radical (unpaired) electrons. The minimum absolute atomic E-state index is 0.361. The molecule has 0 aliphatic heterocycles. The standard InChI is InChI=1S/C16H17NO2S/c1-12-16(7-9-19-12)20-11-14-10-15(18-2)6-5-13(14)4-3-8-17/h5-7,9-10H,8,11,17H2,1-2H3. The summed E-state index contributed by atoms with van der Waals surface area (Å²) in [6.45, 7) is 2.32. The molecule has 2 rings (SSSR count). The third-order valence-corrected chi connectivity index (χ3v) is 4.02. The smallest absolute Gasteiger partial charge is 0.119 e. The average Bonchev–Trinajstić information content (AvgIpc) is 2.88. The molecule has 1 aromatic heterocycles. The van der Waals surface area contributed by atoms with Crippen molar-refractivity contribution in [3.63, 3.8) is 0 Å². The number of hydrogen-bond donors (Lipinski definition) is 1. The van der Waals surface area contributed by atoms with E-state index in [1.807, 2.05) is 31.2 Å². The number of rotatable bonds is 4. The van der Waals surface area contributed by atoms with Crippen molar-refractivity contribution >= 4 is 11.8 Å². The maximum atomic E-state index is 5.44. The summed E-state index contributed by atoms with van der Waals surface area (Å²) in [5, 5.41) is 0. The van der Waals surface area contributed by atoms with Crippen molar-refractivity contribution in [2.45, 2.75) is 17.6 Å². The molecule has 0 aliphatic rings. The summed E-state index contributed by atoms with van der Waals surface area (Å²) in [6.07, 6.45) is 1.71. The summed E-state index contributed by atoms with van der Waals surface area (Å²) in [7, 11) is 1.66. The first-order chi connectivity index (χ1) is 9.74. The molecule has 0 bridgehead atoms. The van der Waals surface area contributed by atoms with E-state index in [0.29, 0.717) is 6.54 Å². The Morgan fingerprint density at radius 3 is 2.85 bits per heavy atom. The van der Waals surface area contributed by atoms with Gasteiger partial charge in [0.05, 0.1) is 19.9 Å². The van der Waals surface area contributed by atoms with Crippen molar-refractivity contribution in [3.05, 3.63) is 47.4 Å². The molecule has 0 fully saturated rings. The van der Waals surface area contributed by atoms with Gasteiger partial charge >= 0.3 is 0 Å². The van der Waals surface area contributed by atoms with Crippen LogP contribution in [0.5, 0.6) is 5.75 Å². The third kappa shape index (κ3) is 3.60. The Labute approximate surface area is 123 Å². The zero-order chi connectivity index (χ0) is 14.4. The number of ether oxygens (including phenoxy) is 1. The maximum absolute atomic E-state index is 5.44. The van der Waals surface area contributed by atoms with Crippen LogP contribution in [-0.2, 0) is 5.75 Å². The van der Waals surface area contributed by atoms with Crippen LogP contribution in [-0.4, -0.2) is 13.7 Å². The second-order valence-corrected chi connectivity index (χ2v) is 5.18. The number of methoxy groups -OCH3 is 1. The first-order valence-corrected chi connectivity index (χ1v) is 7.26. The van der Waals surface area contributed by atoms with Crippen molar-refractivity contribution in [3.8, 4) is 17.6 Å². The third-order valence-electron chi connectivity index (χ3n) is 2.83. The van der Waals surface area contributed by atoms with Crippen LogP contribution in [0.4, 0.5) is 0 Å². The van der Waals surface area contributed by atoms with Gasteiger partial charge in [0, 0.05) is 16.2 Å². The van der Waals surface area contributed by atoms with Crippen molar-refractivity contribution in [2.75, 3.05) is 13.7 Å². The number of thioether (sulfide) groups is 1. The maximum Gasteiger partial charge on any atom is 0.119 e. The highest BCUT2D eigenvalue weighted by Crippen LogP contribution is 2.29. The Hall–Kier alpha value is -1.83. The molecular weight excluding hydrogens is 270 g/mol. The number of hydrogen-bond acceptors (Lipinski definition) is 4. The van der Waals surface area contributed by atoms with Crippen molar-refractivity contribution in [1.82, 2.24) is 0 Å². The van der Waals surface area contributed by atoms with E-state index in [1.165, 1.54) is 0 Å². The van der Waals surface area contributed by atoms with Gasteiger partial charge in [-0.15, -0.1) is 11.8 Å². The molecule has 0 amide bonds. The number of aryl methyl sites for hydroxylation is 1. The molecule has 0 spiro atoms. The Morgan fingerprint density at radius 2 is 2.20 bits per heavy atom. The molecule has 2 N–H and O–H groups in total. The van der Waals surface area contributed by atoms with Crippen LogP contribution >= 0.6 is 11.8 Å². The van der Waals surface area contributed by atoms with Gasteiger partial charge < -0.3 is 14.9 Å². The summed E-state index contributed by atoms with van der Waals surface area (Å²) < 4.78 is 10.6. The molecule has 0 atom stereocenters. The zero-order valence-corrected chi connectivity index (χ0v) is 12.4. The highest BCUT2D eigenvalue weighted by Gasteiger charge is 2.07. The lowest BCUT2D eigenvalue weighted by Crippen LogP contribution is -1.95. The lowest BCUT2D eigenvalue weighted by molar-refractivity contribution is 0.414. The Morgan fingerprint density at radius 1 is 1.35 bits per heavy atom. The molecule has 1 heterocycles. The van der Waals surface area contributed by atoms with Gasteiger partial charge in [0.15, 0.2) is 0 Å². The average molecular weight is 287 g/mol. The van der Waals surface area contributed by atoms with Crippen LogP contribution in [0.25, 0.3) is 0 Å². The van der Waals surface area contributed by atoms with Gasteiger partial charge in [-0.05, 0) is 36.8 Å². The molecule has 3 nitrogen and oxygen atoms in total. The molecule has 0 saturated heterocycles. The van der Waals surface area contributed by atoms with Crippen LogP contribution in [0.2, 0.25) is 0 Å². The molecule has 4 heteroatoms. The fourth-order valence-corrected chi connectivity index (χ4v) is 2.72. The SMILES string of the molecule is COc1ccc(C#CCN)c(CSc2ccoc2C)c1. The monoisotopic (exact) mass is 287 g/mol. The van der Waals surface area contributed by atoms with Gasteiger partial charge in [-0.2, -0.15) is 0 Å². The van der Waals surface area contributed by atoms with Gasteiger partial charge in [0.2, 0.25) is 0 Å². The molecule has 104 valence electrons. The van der Waals surface area contributed by atoms with E-state index >= 15 is 0 Å². The molecule has 20 heavy (non-hydrogen) atoms. The van der Waals surface area contributed by atoms with Crippen LogP contribution in [0.15, 0.2) is 39.8 Å². The van der Waals surface area contributed by atoms with Gasteiger partial charge in [0.1, 0.15) is 11.5 Å². The van der Waals surface area contributed by atoms with E-state index in [4.69, 9.17) is 14.9 Å². The van der Waals surface area contributed by atoms with Crippen LogP contribution in [0.1, 0.15) is 16.9 Å². The zero-order valence-electron chi connectivity index (χ0n) is 11.6. The minimum atomic E-state index is 0.361. The predicted octanol–water partition coefficient (Wildman–Crippen LogP) is 3.20. The Bertz CT molecular complexity index is 637. The first kappa shape index (κ1) is 14.6. The highest BCUT2D eigenvalue weighted by molar-refractivity contribution is 7.98. The summed E-state index contributed by atoms with van der Waals surface area (Å²) in [4.78, 5) is 1.14. The summed E-state index contributed by atoms with van der Waals surface area (Å²) in [5.74, 6) is 8.58. The predicted molar refractivity (Wildman–Crippen MR) is 81.9 cm³/mol. The van der Waals surface area contributed by atoms with Crippen LogP contribution < -0.4 is 10.5 Å². The van der Waals surface area contributed by atoms with Gasteiger partial charge in [-0.1, -0.05) is 11.8 Å². The second-order valence-electron chi connectivity index (χ2n) is 4.16. The van der Waals surface area contributed by atoms with E-state index in [-0.39, 0.29) is 0 Å². The molecule has 1 aromatic carbocycles. The number of benzene rings is 1. The van der Waals surface area contributed by atoms with E-state index < -0.39 is 0 Å². The molecule has 0 saturated carbocycles. The summed E-state index contributed by atoms with van der Waals surface area (Å²) in [6, 6.07) is 7.88. The summed E-state index contributed by atoms with van der Waals surface area (Å²) >= 11 is 1.73. The van der Waals surface area contributed by atoms with Gasteiger partial charge in [-0.25, -0.2) is 0 Å². The first-order valence-electron chi connectivity index (χ1n) is 6.27. The highest BCUT2D eigenvalue weighted by atomic mass is 32.2. The van der Waals surface area contributed by atoms with E-state index in [9.17, 15) is 0 Å². The van der Waals surface area contributed by atoms with E-state index in [0.717, 1.165) is 33.3 Å². The van der Waals surface area contributed by atoms with Gasteiger partial charge in [-0.3, -0.25) is 0 Å². The van der Waals surface area contributed by atoms with Crippen LogP contribution in [0.3, 0.4) is 0 Å². The topological polar surface area (TPSA) is 48.4 Å². The fourth-order valence-electron chi connectivity index (χ4n) is 1.76. The molecular formula is C16H17NO2S. The Balaban J connectivity index is 2.21. The second kappa shape index (κ2) is 7.09. The number of nitrogens with two attached hydrogens (primary N) is 1. The fraction of sp³-hybridized carbons (Fsp3) is 0.250. The lowest BCUT2D eigenvalue weighted by atomic mass is 10.1. The Kier molecular flexibility index (Phi) is 5.16. The van der Waals surface area contributed by atoms with Gasteiger partial charge in [0.25, 0.3) is 0 Å².